The molecule has 0 aromatic carbocycles. The first-order valence-electron chi connectivity index (χ1n) is 5.11. The highest BCUT2D eigenvalue weighted by atomic mass is 16.5. The van der Waals surface area contributed by atoms with Gasteiger partial charge in [-0.1, -0.05) is 0 Å². The van der Waals surface area contributed by atoms with Crippen LogP contribution in [0, 0.1) is 0 Å². The number of carboxylic acids is 1. The van der Waals surface area contributed by atoms with Crippen LogP contribution in [0.5, 0.6) is 0 Å². The van der Waals surface area contributed by atoms with Crippen molar-refractivity contribution < 1.29 is 24.2 Å². The molecule has 0 saturated carbocycles. The molecule has 0 heterocycles. The quantitative estimate of drug-likeness (QED) is 0.576. The van der Waals surface area contributed by atoms with Crippen LogP contribution in [0.15, 0.2) is 0 Å². The molecule has 0 bridgehead atoms. The molecule has 0 rings (SSSR count). The molecule has 98 valence electrons. The molecule has 17 heavy (non-hydrogen) atoms. The van der Waals surface area contributed by atoms with Crippen molar-refractivity contribution in [3.05, 3.63) is 0 Å². The number of carboxylic acid groups (broad SMARTS) is 1. The topological polar surface area (TPSA) is 105 Å². The van der Waals surface area contributed by atoms with E-state index in [-0.39, 0.29) is 13.0 Å². The summed E-state index contributed by atoms with van der Waals surface area (Å²) in [6.07, 6.45) is 0.262. The molecule has 0 aliphatic heterocycles. The number of ether oxygens (including phenoxy) is 1. The highest BCUT2D eigenvalue weighted by molar-refractivity contribution is 5.81. The smallest absolute Gasteiger partial charge is 0.325 e. The average Bonchev–Trinajstić information content (AvgIpc) is 2.22. The van der Waals surface area contributed by atoms with Crippen LogP contribution in [0.1, 0.15) is 26.7 Å². The Morgan fingerprint density at radius 2 is 1.88 bits per heavy atom. The second-order valence-corrected chi connectivity index (χ2v) is 4.16. The number of aliphatic carboxylic acids is 1. The van der Waals surface area contributed by atoms with Crippen LogP contribution in [-0.2, 0) is 14.3 Å². The van der Waals surface area contributed by atoms with Gasteiger partial charge in [0.25, 0.3) is 0 Å². The molecule has 0 aromatic rings. The molecular weight excluding hydrogens is 228 g/mol. The first-order valence-corrected chi connectivity index (χ1v) is 5.11. The van der Waals surface area contributed by atoms with Gasteiger partial charge in [-0.2, -0.15) is 0 Å². The summed E-state index contributed by atoms with van der Waals surface area (Å²) in [6, 6.07) is -0.536. The number of hydrogen-bond acceptors (Lipinski definition) is 4. The molecule has 0 unspecified atom stereocenters. The van der Waals surface area contributed by atoms with E-state index in [1.54, 1.807) is 13.8 Å². The van der Waals surface area contributed by atoms with Crippen LogP contribution in [0.3, 0.4) is 0 Å². The standard InChI is InChI=1S/C10H18N2O5/c1-10(2,5-4-7(13)14)12-9(16)11-6-8(15)17-3/h4-6H2,1-3H3,(H,13,14)(H2,11,12,16). The van der Waals surface area contributed by atoms with Gasteiger partial charge >= 0.3 is 18.0 Å². The fourth-order valence-corrected chi connectivity index (χ4v) is 1.06. The van der Waals surface area contributed by atoms with Crippen LogP contribution in [0.25, 0.3) is 0 Å². The van der Waals surface area contributed by atoms with Gasteiger partial charge < -0.3 is 20.5 Å². The molecule has 3 N–H and O–H groups in total. The van der Waals surface area contributed by atoms with Crippen LogP contribution >= 0.6 is 0 Å². The van der Waals surface area contributed by atoms with Gasteiger partial charge in [0.2, 0.25) is 0 Å². The second-order valence-electron chi connectivity index (χ2n) is 4.16. The summed E-state index contributed by atoms with van der Waals surface area (Å²) in [5.74, 6) is -1.47. The molecule has 0 spiro atoms. The minimum absolute atomic E-state index is 0.0374. The zero-order valence-electron chi connectivity index (χ0n) is 10.2. The molecule has 0 fully saturated rings. The van der Waals surface area contributed by atoms with Gasteiger partial charge in [-0.15, -0.1) is 0 Å². The van der Waals surface area contributed by atoms with Crippen molar-refractivity contribution in [2.45, 2.75) is 32.2 Å². The van der Waals surface area contributed by atoms with Gasteiger partial charge in [-0.25, -0.2) is 4.79 Å². The van der Waals surface area contributed by atoms with Gasteiger partial charge in [-0.3, -0.25) is 9.59 Å². The van der Waals surface area contributed by atoms with Gasteiger partial charge in [0.05, 0.1) is 7.11 Å². The van der Waals surface area contributed by atoms with E-state index in [0.717, 1.165) is 0 Å². The Morgan fingerprint density at radius 1 is 1.29 bits per heavy atom. The Labute approximate surface area is 99.5 Å². The minimum Gasteiger partial charge on any atom is -0.481 e. The number of carbonyl (C=O) groups excluding carboxylic acids is 2. The number of methoxy groups -OCH3 is 1. The Bertz CT molecular complexity index is 301. The lowest BCUT2D eigenvalue weighted by Crippen LogP contribution is -2.49. The molecule has 0 saturated heterocycles. The molecule has 0 aromatic heterocycles. The first-order chi connectivity index (χ1) is 7.76. The predicted octanol–water partition coefficient (Wildman–Crippen LogP) is 0.102. The fourth-order valence-electron chi connectivity index (χ4n) is 1.06. The van der Waals surface area contributed by atoms with Crippen molar-refractivity contribution in [2.75, 3.05) is 13.7 Å². The largest absolute Gasteiger partial charge is 0.481 e. The Kier molecular flexibility index (Phi) is 6.01. The molecule has 7 nitrogen and oxygen atoms in total. The summed E-state index contributed by atoms with van der Waals surface area (Å²) in [7, 11) is 1.22. The minimum atomic E-state index is -0.921. The highest BCUT2D eigenvalue weighted by Crippen LogP contribution is 2.10. The number of esters is 1. The Balaban J connectivity index is 4.00. The van der Waals surface area contributed by atoms with E-state index in [9.17, 15) is 14.4 Å². The maximum atomic E-state index is 11.3. The van der Waals surface area contributed by atoms with E-state index in [2.05, 4.69) is 15.4 Å². The van der Waals surface area contributed by atoms with Crippen LogP contribution in [0.4, 0.5) is 4.79 Å². The number of urea groups is 1. The third-order valence-corrected chi connectivity index (χ3v) is 2.04. The number of rotatable bonds is 6. The number of carbonyl (C=O) groups is 3. The van der Waals surface area contributed by atoms with Crippen molar-refractivity contribution in [3.63, 3.8) is 0 Å². The summed E-state index contributed by atoms with van der Waals surface area (Å²) < 4.78 is 4.35. The van der Waals surface area contributed by atoms with Gasteiger partial charge in [-0.05, 0) is 20.3 Å². The van der Waals surface area contributed by atoms with E-state index in [1.807, 2.05) is 0 Å². The van der Waals surface area contributed by atoms with Crippen molar-refractivity contribution in [1.82, 2.24) is 10.6 Å². The average molecular weight is 246 g/mol. The molecule has 0 aliphatic rings. The van der Waals surface area contributed by atoms with E-state index in [4.69, 9.17) is 5.11 Å². The lowest BCUT2D eigenvalue weighted by atomic mass is 9.99. The first kappa shape index (κ1) is 15.2. The number of hydrogen-bond donors (Lipinski definition) is 3. The summed E-state index contributed by atoms with van der Waals surface area (Å²) in [6.45, 7) is 3.18. The molecule has 2 amide bonds. The van der Waals surface area contributed by atoms with Crippen LogP contribution < -0.4 is 10.6 Å². The summed E-state index contributed by atoms with van der Waals surface area (Å²) in [5, 5.41) is 13.4. The summed E-state index contributed by atoms with van der Waals surface area (Å²) in [4.78, 5) is 32.5. The molecule has 0 atom stereocenters. The maximum Gasteiger partial charge on any atom is 0.325 e. The Morgan fingerprint density at radius 3 is 2.35 bits per heavy atom. The predicted molar refractivity (Wildman–Crippen MR) is 59.5 cm³/mol. The molecular formula is C10H18N2O5. The van der Waals surface area contributed by atoms with Crippen LogP contribution in [-0.4, -0.2) is 42.3 Å². The van der Waals surface area contributed by atoms with Crippen LogP contribution in [0.2, 0.25) is 0 Å². The van der Waals surface area contributed by atoms with Crippen molar-refractivity contribution in [3.8, 4) is 0 Å². The Hall–Kier alpha value is -1.79. The normalized spacial score (nSPS) is 10.5. The summed E-state index contributed by atoms with van der Waals surface area (Å²) in [5.41, 5.74) is -0.654. The van der Waals surface area contributed by atoms with Crippen molar-refractivity contribution in [1.29, 1.82) is 0 Å². The third kappa shape index (κ3) is 8.06. The second kappa shape index (κ2) is 6.72. The highest BCUT2D eigenvalue weighted by Gasteiger charge is 2.21. The number of nitrogens with one attached hydrogen (secondary N) is 2. The third-order valence-electron chi connectivity index (χ3n) is 2.04. The maximum absolute atomic E-state index is 11.3. The summed E-state index contributed by atoms with van der Waals surface area (Å²) >= 11 is 0. The van der Waals surface area contributed by atoms with Gasteiger partial charge in [0, 0.05) is 12.0 Å². The van der Waals surface area contributed by atoms with E-state index >= 15 is 0 Å². The monoisotopic (exact) mass is 246 g/mol. The fraction of sp³-hybridized carbons (Fsp3) is 0.700. The van der Waals surface area contributed by atoms with Crippen molar-refractivity contribution in [2.24, 2.45) is 0 Å². The van der Waals surface area contributed by atoms with E-state index in [0.29, 0.717) is 6.42 Å². The lowest BCUT2D eigenvalue weighted by molar-refractivity contribution is -0.139. The SMILES string of the molecule is COC(=O)CNC(=O)NC(C)(C)CCC(=O)O. The lowest BCUT2D eigenvalue weighted by Gasteiger charge is -2.25. The van der Waals surface area contributed by atoms with Gasteiger partial charge in [0.1, 0.15) is 6.54 Å². The molecule has 0 aliphatic carbocycles. The molecule has 7 heteroatoms. The molecule has 0 radical (unpaired) electrons. The van der Waals surface area contributed by atoms with E-state index in [1.165, 1.54) is 7.11 Å². The van der Waals surface area contributed by atoms with Crippen molar-refractivity contribution >= 4 is 18.0 Å². The van der Waals surface area contributed by atoms with E-state index < -0.39 is 23.5 Å². The zero-order valence-corrected chi connectivity index (χ0v) is 10.2. The van der Waals surface area contributed by atoms with Gasteiger partial charge in [0.15, 0.2) is 0 Å². The zero-order chi connectivity index (χ0) is 13.5. The number of amides is 2.